The van der Waals surface area contributed by atoms with Crippen molar-refractivity contribution >= 4 is 11.6 Å². The van der Waals surface area contributed by atoms with E-state index in [0.717, 1.165) is 5.69 Å². The first kappa shape index (κ1) is 12.6. The number of hydrogen-bond acceptors (Lipinski definition) is 2. The van der Waals surface area contributed by atoms with Crippen molar-refractivity contribution in [1.82, 2.24) is 9.78 Å². The topological polar surface area (TPSA) is 41.6 Å². The molecule has 5 heteroatoms. The van der Waals surface area contributed by atoms with Gasteiger partial charge < -0.3 is 0 Å². The van der Waals surface area contributed by atoms with Gasteiger partial charge in [-0.3, -0.25) is 4.68 Å². The zero-order valence-corrected chi connectivity index (χ0v) is 10.8. The maximum absolute atomic E-state index is 13.6. The molecule has 3 nitrogen and oxygen atoms in total. The molecule has 2 aromatic rings. The maximum atomic E-state index is 13.6. The van der Waals surface area contributed by atoms with Gasteiger partial charge in [0.05, 0.1) is 34.6 Å². The lowest BCUT2D eigenvalue weighted by molar-refractivity contribution is 0.578. The van der Waals surface area contributed by atoms with E-state index in [0.29, 0.717) is 21.8 Å². The van der Waals surface area contributed by atoms with E-state index >= 15 is 0 Å². The molecule has 0 atom stereocenters. The molecule has 0 unspecified atom stereocenters. The molecule has 0 saturated carbocycles. The minimum absolute atomic E-state index is 0.265. The third-order valence-corrected chi connectivity index (χ3v) is 3.34. The van der Waals surface area contributed by atoms with Crippen LogP contribution in [-0.2, 0) is 6.54 Å². The van der Waals surface area contributed by atoms with Gasteiger partial charge in [-0.1, -0.05) is 11.6 Å². The van der Waals surface area contributed by atoms with Crippen molar-refractivity contribution in [1.29, 1.82) is 5.26 Å². The molecule has 0 radical (unpaired) electrons. The van der Waals surface area contributed by atoms with Gasteiger partial charge in [0.15, 0.2) is 0 Å². The molecule has 0 spiro atoms. The van der Waals surface area contributed by atoms with Crippen LogP contribution in [-0.4, -0.2) is 9.78 Å². The van der Waals surface area contributed by atoms with Crippen molar-refractivity contribution in [3.8, 4) is 6.07 Å². The molecular weight excluding hydrogens is 253 g/mol. The van der Waals surface area contributed by atoms with Crippen molar-refractivity contribution in [2.75, 3.05) is 0 Å². The predicted octanol–water partition coefficient (Wildman–Crippen LogP) is 3.21. The number of benzene rings is 1. The molecule has 0 bridgehead atoms. The third kappa shape index (κ3) is 2.22. The minimum atomic E-state index is -0.349. The minimum Gasteiger partial charge on any atom is -0.264 e. The van der Waals surface area contributed by atoms with Crippen LogP contribution in [0, 0.1) is 31.0 Å². The first-order valence-electron chi connectivity index (χ1n) is 5.41. The summed E-state index contributed by atoms with van der Waals surface area (Å²) in [6, 6.07) is 6.26. The molecule has 2 rings (SSSR count). The molecule has 0 saturated heterocycles. The number of hydrogen-bond donors (Lipinski definition) is 0. The summed E-state index contributed by atoms with van der Waals surface area (Å²) in [5.41, 5.74) is 2.36. The summed E-state index contributed by atoms with van der Waals surface area (Å²) >= 11 is 6.03. The third-order valence-electron chi connectivity index (χ3n) is 2.79. The van der Waals surface area contributed by atoms with Crippen molar-refractivity contribution in [3.63, 3.8) is 0 Å². The average molecular weight is 264 g/mol. The van der Waals surface area contributed by atoms with Crippen LogP contribution in [0.4, 0.5) is 4.39 Å². The van der Waals surface area contributed by atoms with Crippen LogP contribution < -0.4 is 0 Å². The lowest BCUT2D eigenvalue weighted by atomic mass is 10.1. The molecule has 0 N–H and O–H groups in total. The van der Waals surface area contributed by atoms with Gasteiger partial charge in [-0.05, 0) is 32.0 Å². The number of nitrogens with zero attached hydrogens (tertiary/aromatic N) is 3. The Morgan fingerprint density at radius 2 is 2.17 bits per heavy atom. The van der Waals surface area contributed by atoms with Gasteiger partial charge in [0, 0.05) is 5.56 Å². The van der Waals surface area contributed by atoms with Gasteiger partial charge >= 0.3 is 0 Å². The normalized spacial score (nSPS) is 10.4. The van der Waals surface area contributed by atoms with Crippen LogP contribution in [0.25, 0.3) is 0 Å². The summed E-state index contributed by atoms with van der Waals surface area (Å²) < 4.78 is 15.3. The first-order valence-corrected chi connectivity index (χ1v) is 5.78. The molecule has 1 heterocycles. The van der Waals surface area contributed by atoms with E-state index in [-0.39, 0.29) is 12.4 Å². The van der Waals surface area contributed by atoms with Crippen LogP contribution in [0.2, 0.25) is 5.02 Å². The second-order valence-electron chi connectivity index (χ2n) is 4.06. The lowest BCUT2D eigenvalue weighted by Crippen LogP contribution is -2.06. The summed E-state index contributed by atoms with van der Waals surface area (Å²) in [5, 5.41) is 13.6. The molecule has 1 aromatic carbocycles. The number of nitriles is 1. The fourth-order valence-corrected chi connectivity index (χ4v) is 1.89. The Morgan fingerprint density at radius 1 is 1.44 bits per heavy atom. The molecule has 18 heavy (non-hydrogen) atoms. The molecule has 0 amide bonds. The van der Waals surface area contributed by atoms with E-state index in [9.17, 15) is 4.39 Å². The Labute approximate surface area is 109 Å². The fraction of sp³-hybridized carbons (Fsp3) is 0.231. The highest BCUT2D eigenvalue weighted by Crippen LogP contribution is 2.20. The molecule has 92 valence electrons. The molecule has 0 aliphatic carbocycles. The Balaban J connectivity index is 2.40. The molecule has 1 aromatic heterocycles. The van der Waals surface area contributed by atoms with Gasteiger partial charge in [-0.15, -0.1) is 0 Å². The van der Waals surface area contributed by atoms with Crippen molar-refractivity contribution in [3.05, 3.63) is 51.6 Å². The second-order valence-corrected chi connectivity index (χ2v) is 4.44. The second kappa shape index (κ2) is 4.79. The van der Waals surface area contributed by atoms with Gasteiger partial charge in [0.25, 0.3) is 0 Å². The van der Waals surface area contributed by atoms with E-state index in [2.05, 4.69) is 5.10 Å². The zero-order chi connectivity index (χ0) is 13.3. The Hall–Kier alpha value is -1.86. The van der Waals surface area contributed by atoms with Crippen LogP contribution in [0.3, 0.4) is 0 Å². The largest absolute Gasteiger partial charge is 0.264 e. The van der Waals surface area contributed by atoms with E-state index in [1.54, 1.807) is 11.6 Å². The molecule has 0 aliphatic heterocycles. The van der Waals surface area contributed by atoms with Gasteiger partial charge in [0.1, 0.15) is 5.82 Å². The zero-order valence-electron chi connectivity index (χ0n) is 10.0. The Morgan fingerprint density at radius 3 is 2.72 bits per heavy atom. The number of halogens is 2. The van der Waals surface area contributed by atoms with E-state index in [1.807, 2.05) is 13.0 Å². The summed E-state index contributed by atoms with van der Waals surface area (Å²) in [6.45, 7) is 3.89. The van der Waals surface area contributed by atoms with Gasteiger partial charge in [-0.2, -0.15) is 10.4 Å². The lowest BCUT2D eigenvalue weighted by Gasteiger charge is -2.06. The van der Waals surface area contributed by atoms with E-state index in [1.165, 1.54) is 18.2 Å². The predicted molar refractivity (Wildman–Crippen MR) is 66.9 cm³/mol. The quantitative estimate of drug-likeness (QED) is 0.835. The molecular formula is C13H11ClFN3. The van der Waals surface area contributed by atoms with Crippen LogP contribution >= 0.6 is 11.6 Å². The van der Waals surface area contributed by atoms with Crippen LogP contribution in [0.1, 0.15) is 22.5 Å². The van der Waals surface area contributed by atoms with Crippen molar-refractivity contribution in [2.45, 2.75) is 20.4 Å². The summed E-state index contributed by atoms with van der Waals surface area (Å²) in [7, 11) is 0. The highest BCUT2D eigenvalue weighted by atomic mass is 35.5. The van der Waals surface area contributed by atoms with E-state index < -0.39 is 0 Å². The van der Waals surface area contributed by atoms with Crippen molar-refractivity contribution in [2.24, 2.45) is 0 Å². The monoisotopic (exact) mass is 263 g/mol. The average Bonchev–Trinajstić information content (AvgIpc) is 2.60. The Bertz CT molecular complexity index is 640. The van der Waals surface area contributed by atoms with Crippen LogP contribution in [0.5, 0.6) is 0 Å². The highest BCUT2D eigenvalue weighted by Gasteiger charge is 2.11. The van der Waals surface area contributed by atoms with Crippen molar-refractivity contribution < 1.29 is 4.39 Å². The number of aryl methyl sites for hydroxylation is 1. The number of aromatic nitrogens is 2. The molecule has 0 fully saturated rings. The summed E-state index contributed by atoms with van der Waals surface area (Å²) in [6.07, 6.45) is 0. The molecule has 0 aliphatic rings. The first-order chi connectivity index (χ1) is 8.52. The van der Waals surface area contributed by atoms with Crippen LogP contribution in [0.15, 0.2) is 18.2 Å². The summed E-state index contributed by atoms with van der Waals surface area (Å²) in [4.78, 5) is 0. The maximum Gasteiger partial charge on any atom is 0.128 e. The summed E-state index contributed by atoms with van der Waals surface area (Å²) in [5.74, 6) is -0.349. The smallest absolute Gasteiger partial charge is 0.128 e. The number of rotatable bonds is 2. The van der Waals surface area contributed by atoms with Gasteiger partial charge in [0.2, 0.25) is 0 Å². The van der Waals surface area contributed by atoms with E-state index in [4.69, 9.17) is 16.9 Å². The highest BCUT2D eigenvalue weighted by molar-refractivity contribution is 6.31. The Kier molecular flexibility index (Phi) is 3.35. The van der Waals surface area contributed by atoms with Gasteiger partial charge in [-0.25, -0.2) is 4.39 Å². The standard InChI is InChI=1S/C13H11ClFN3/c1-8-13(14)9(2)18(17-8)7-11-5-10(6-16)3-4-12(11)15/h3-5H,7H2,1-2H3. The fourth-order valence-electron chi connectivity index (χ4n) is 1.76. The SMILES string of the molecule is Cc1nn(Cc2cc(C#N)ccc2F)c(C)c1Cl.